The SMILES string of the molecule is CCN([C-]=O)[C-]=O.CN([C-]=O)[C-]=O.[Rb+]. The van der Waals surface area contributed by atoms with Gasteiger partial charge in [0.2, 0.25) is 0 Å². The Morgan fingerprint density at radius 1 is 0.929 bits per heavy atom. The topological polar surface area (TPSA) is 74.8 Å². The van der Waals surface area contributed by atoms with E-state index in [0.717, 1.165) is 4.90 Å². The Kier molecular flexibility index (Phi) is 21.8. The number of hydrogen-bond donors (Lipinski definition) is 0. The number of nitrogens with zero attached hydrogens (tertiary/aromatic N) is 2. The van der Waals surface area contributed by atoms with Crippen LogP contribution in [-0.2, 0) is 19.2 Å². The molecule has 0 heterocycles. The number of rotatable bonds is 5. The molecular weight excluding hydrogens is 262 g/mol. The van der Waals surface area contributed by atoms with Gasteiger partial charge in [-0.15, -0.1) is 0 Å². The van der Waals surface area contributed by atoms with E-state index < -0.39 is 0 Å². The van der Waals surface area contributed by atoms with E-state index in [-0.39, 0.29) is 58.2 Å². The maximum Gasteiger partial charge on any atom is 1.00 e. The number of carbonyl (C=O) groups excluding carboxylic acids is 4. The zero-order valence-electron chi connectivity index (χ0n) is 8.23. The molecule has 0 aliphatic carbocycles. The van der Waals surface area contributed by atoms with Crippen LogP contribution in [0.3, 0.4) is 0 Å². The average molecular weight is 270 g/mol. The number of hydrogen-bond acceptors (Lipinski definition) is 4. The smallest absolute Gasteiger partial charge is 0.639 e. The third-order valence-corrected chi connectivity index (χ3v) is 0.810. The molecule has 4 amide bonds. The second kappa shape index (κ2) is 15.6. The molecule has 0 aliphatic rings. The molecule has 0 saturated carbocycles. The molecule has 0 atom stereocenters. The van der Waals surface area contributed by atoms with Gasteiger partial charge in [0.25, 0.3) is 0 Å². The van der Waals surface area contributed by atoms with Crippen LogP contribution in [0.2, 0.25) is 0 Å². The molecule has 0 saturated heterocycles. The van der Waals surface area contributed by atoms with E-state index in [2.05, 4.69) is 0 Å². The van der Waals surface area contributed by atoms with Gasteiger partial charge in [-0.25, -0.2) is 0 Å². The summed E-state index contributed by atoms with van der Waals surface area (Å²) >= 11 is 0. The van der Waals surface area contributed by atoms with Gasteiger partial charge in [-0.3, -0.25) is 0 Å². The van der Waals surface area contributed by atoms with Crippen molar-refractivity contribution in [3.8, 4) is 0 Å². The van der Waals surface area contributed by atoms with E-state index in [9.17, 15) is 19.2 Å². The van der Waals surface area contributed by atoms with Gasteiger partial charge < -0.3 is 29.0 Å². The molecule has 0 N–H and O–H groups in total. The Hall–Kier alpha value is 0.0852. The quantitative estimate of drug-likeness (QED) is 0.372. The van der Waals surface area contributed by atoms with E-state index in [1.165, 1.54) is 32.7 Å². The first-order chi connectivity index (χ1) is 6.15. The number of imide groups is 2. The van der Waals surface area contributed by atoms with Crippen molar-refractivity contribution in [3.63, 3.8) is 0 Å². The fraction of sp³-hybridized carbons (Fsp3) is 0.429. The predicted molar refractivity (Wildman–Crippen MR) is 42.9 cm³/mol. The maximum atomic E-state index is 9.51. The summed E-state index contributed by atoms with van der Waals surface area (Å²) in [6.45, 7) is 2.00. The first-order valence-electron chi connectivity index (χ1n) is 3.18. The van der Waals surface area contributed by atoms with Crippen molar-refractivity contribution in [1.82, 2.24) is 9.80 Å². The molecule has 6 nitrogen and oxygen atoms in total. The summed E-state index contributed by atoms with van der Waals surface area (Å²) in [5.74, 6) is 0. The normalized spacial score (nSPS) is 6.71. The first-order valence-corrected chi connectivity index (χ1v) is 3.18. The Labute approximate surface area is 131 Å². The van der Waals surface area contributed by atoms with Gasteiger partial charge >= 0.3 is 58.2 Å². The van der Waals surface area contributed by atoms with Gasteiger partial charge in [0.15, 0.2) is 0 Å². The van der Waals surface area contributed by atoms with Crippen LogP contribution in [0.15, 0.2) is 0 Å². The Balaban J connectivity index is -0.000000163. The molecule has 0 spiro atoms. The molecule has 0 aromatic carbocycles. The molecule has 0 aromatic heterocycles. The van der Waals surface area contributed by atoms with Gasteiger partial charge in [-0.2, -0.15) is 25.6 Å². The standard InChI is InChI=1S/C4H5NO2.C3H3NO2.Rb/c1-2-5(3-6)4-7;1-4(2-5)3-6;/h2H2,1H3;1H3;/q2*-2;+1. The van der Waals surface area contributed by atoms with E-state index in [4.69, 9.17) is 0 Å². The monoisotopic (exact) mass is 269 g/mol. The maximum absolute atomic E-state index is 9.51. The van der Waals surface area contributed by atoms with Crippen LogP contribution in [0.1, 0.15) is 6.92 Å². The minimum absolute atomic E-state index is 0. The Bertz CT molecular complexity index is 161. The van der Waals surface area contributed by atoms with Crippen molar-refractivity contribution in [3.05, 3.63) is 0 Å². The van der Waals surface area contributed by atoms with Crippen molar-refractivity contribution >= 4 is 25.6 Å². The van der Waals surface area contributed by atoms with Crippen LogP contribution >= 0.6 is 0 Å². The molecule has 0 bridgehead atoms. The average Bonchev–Trinajstić information content (AvgIpc) is 2.20. The molecule has 74 valence electrons. The molecule has 7 heteroatoms. The third kappa shape index (κ3) is 14.6. The van der Waals surface area contributed by atoms with Gasteiger partial charge in [-0.1, -0.05) is 6.92 Å². The minimum atomic E-state index is 0. The van der Waals surface area contributed by atoms with Crippen LogP contribution in [0.25, 0.3) is 0 Å². The summed E-state index contributed by atoms with van der Waals surface area (Å²) in [5, 5.41) is 0. The van der Waals surface area contributed by atoms with Crippen molar-refractivity contribution in [2.75, 3.05) is 13.6 Å². The van der Waals surface area contributed by atoms with Crippen molar-refractivity contribution in [2.24, 2.45) is 0 Å². The second-order valence-corrected chi connectivity index (χ2v) is 1.67. The van der Waals surface area contributed by atoms with Gasteiger partial charge in [0, 0.05) is 0 Å². The van der Waals surface area contributed by atoms with Crippen molar-refractivity contribution < 1.29 is 77.4 Å². The van der Waals surface area contributed by atoms with Gasteiger partial charge in [0.1, 0.15) is 0 Å². The summed E-state index contributed by atoms with van der Waals surface area (Å²) in [5.41, 5.74) is 0. The van der Waals surface area contributed by atoms with Gasteiger partial charge in [-0.05, 0) is 13.6 Å². The first kappa shape index (κ1) is 19.6. The summed E-state index contributed by atoms with van der Waals surface area (Å²) in [4.78, 5) is 39.0. The van der Waals surface area contributed by atoms with E-state index in [1.807, 2.05) is 0 Å². The summed E-state index contributed by atoms with van der Waals surface area (Å²) in [6.07, 6.45) is 5.27. The molecular formula is C7H8N2O4Rb-3. The minimum Gasteiger partial charge on any atom is -0.639 e. The molecule has 0 unspecified atom stereocenters. The van der Waals surface area contributed by atoms with Crippen LogP contribution in [-0.4, -0.2) is 49.0 Å². The summed E-state index contributed by atoms with van der Waals surface area (Å²) in [6, 6.07) is 0. The van der Waals surface area contributed by atoms with Crippen LogP contribution < -0.4 is 58.2 Å². The zero-order valence-corrected chi connectivity index (χ0v) is 13.2. The fourth-order valence-electron chi connectivity index (χ4n) is 0.166. The molecule has 0 rings (SSSR count). The molecule has 0 fully saturated rings. The van der Waals surface area contributed by atoms with Crippen LogP contribution in [0.4, 0.5) is 0 Å². The second-order valence-electron chi connectivity index (χ2n) is 1.67. The predicted octanol–water partition coefficient (Wildman–Crippen LogP) is -4.50. The number of amides is 4. The zero-order chi connectivity index (χ0) is 10.7. The fourth-order valence-corrected chi connectivity index (χ4v) is 0.166. The van der Waals surface area contributed by atoms with Crippen molar-refractivity contribution in [2.45, 2.75) is 6.92 Å². The summed E-state index contributed by atoms with van der Waals surface area (Å²) < 4.78 is 0. The largest absolute Gasteiger partial charge is 1.00 e. The van der Waals surface area contributed by atoms with Crippen molar-refractivity contribution in [1.29, 1.82) is 0 Å². The van der Waals surface area contributed by atoms with Crippen LogP contribution in [0.5, 0.6) is 0 Å². The molecule has 14 heavy (non-hydrogen) atoms. The van der Waals surface area contributed by atoms with E-state index in [0.29, 0.717) is 11.4 Å². The van der Waals surface area contributed by atoms with E-state index >= 15 is 0 Å². The summed E-state index contributed by atoms with van der Waals surface area (Å²) in [7, 11) is 1.26. The third-order valence-electron chi connectivity index (χ3n) is 0.810. The van der Waals surface area contributed by atoms with Crippen LogP contribution in [0, 0.1) is 0 Å². The van der Waals surface area contributed by atoms with Gasteiger partial charge in [0.05, 0.1) is 0 Å². The van der Waals surface area contributed by atoms with E-state index in [1.54, 1.807) is 6.92 Å². The molecule has 0 aromatic rings. The molecule has 0 aliphatic heterocycles. The molecule has 0 radical (unpaired) electrons. The Morgan fingerprint density at radius 3 is 1.29 bits per heavy atom. The Morgan fingerprint density at radius 2 is 1.29 bits per heavy atom.